The zero-order valence-corrected chi connectivity index (χ0v) is 14.8. The van der Waals surface area contributed by atoms with Gasteiger partial charge in [0, 0.05) is 19.3 Å². The number of hydrogen-bond donors (Lipinski definition) is 1. The van der Waals surface area contributed by atoms with Gasteiger partial charge in [0.05, 0.1) is 24.5 Å². The first kappa shape index (κ1) is 18.5. The summed E-state index contributed by atoms with van der Waals surface area (Å²) < 4.78 is 6.59. The van der Waals surface area contributed by atoms with Crippen LogP contribution in [0.4, 0.5) is 6.01 Å². The van der Waals surface area contributed by atoms with Gasteiger partial charge < -0.3 is 4.42 Å². The Labute approximate surface area is 155 Å². The van der Waals surface area contributed by atoms with E-state index in [4.69, 9.17) is 9.25 Å². The Kier molecular flexibility index (Phi) is 5.79. The number of amides is 2. The Balaban J connectivity index is 1.76. The minimum Gasteiger partial charge on any atom is -0.432 e. The van der Waals surface area contributed by atoms with Crippen LogP contribution in [-0.4, -0.2) is 69.8 Å². The number of anilines is 1. The highest BCUT2D eigenvalue weighted by atomic mass is 16.7. The molecule has 1 aliphatic heterocycles. The molecule has 0 saturated carbocycles. The normalized spacial score (nSPS) is 17.2. The molecule has 0 bridgehead atoms. The number of hydrogen-bond acceptors (Lipinski definition) is 7. The third-order valence-electron chi connectivity index (χ3n) is 3.86. The van der Waals surface area contributed by atoms with Gasteiger partial charge in [-0.1, -0.05) is 6.08 Å². The number of aromatic nitrogens is 3. The standard InChI is InChI=1S/C17H20N6O4/c1-3-7-27-23(12-24)14-9-13(10-21(2)11-14)22-6-4-15(20-22)16(25)19-17-18-5-8-26-17/h3-6,8-9,12,14H,1,7,10-11H2,2H3,(H,18,19,25). The summed E-state index contributed by atoms with van der Waals surface area (Å²) in [6.07, 6.45) is 8.58. The van der Waals surface area contributed by atoms with Crippen molar-refractivity contribution in [1.29, 1.82) is 0 Å². The number of nitrogens with one attached hydrogen (secondary N) is 1. The Morgan fingerprint density at radius 3 is 3.15 bits per heavy atom. The predicted octanol–water partition coefficient (Wildman–Crippen LogP) is 0.854. The maximum Gasteiger partial charge on any atom is 0.301 e. The van der Waals surface area contributed by atoms with Gasteiger partial charge in [-0.25, -0.2) is 14.7 Å². The van der Waals surface area contributed by atoms with Crippen molar-refractivity contribution in [2.24, 2.45) is 0 Å². The largest absolute Gasteiger partial charge is 0.432 e. The van der Waals surface area contributed by atoms with Crippen LogP contribution in [0.15, 0.2) is 47.9 Å². The average Bonchev–Trinajstić information content (AvgIpc) is 3.34. The van der Waals surface area contributed by atoms with E-state index >= 15 is 0 Å². The van der Waals surface area contributed by atoms with Crippen LogP contribution in [0.1, 0.15) is 10.5 Å². The van der Waals surface area contributed by atoms with Crippen LogP contribution in [-0.2, 0) is 9.63 Å². The molecule has 3 rings (SSSR count). The first-order chi connectivity index (χ1) is 13.1. The maximum atomic E-state index is 12.2. The highest BCUT2D eigenvalue weighted by Crippen LogP contribution is 2.17. The van der Waals surface area contributed by atoms with E-state index in [0.29, 0.717) is 19.5 Å². The van der Waals surface area contributed by atoms with Gasteiger partial charge in [-0.2, -0.15) is 5.10 Å². The molecule has 1 atom stereocenters. The summed E-state index contributed by atoms with van der Waals surface area (Å²) in [5.74, 6) is -0.429. The first-order valence-corrected chi connectivity index (χ1v) is 8.24. The van der Waals surface area contributed by atoms with Crippen molar-refractivity contribution in [2.45, 2.75) is 6.04 Å². The number of oxazole rings is 1. The molecule has 2 aromatic rings. The fraction of sp³-hybridized carbons (Fsp3) is 0.294. The van der Waals surface area contributed by atoms with Crippen molar-refractivity contribution in [3.8, 4) is 0 Å². The Bertz CT molecular complexity index is 828. The fourth-order valence-electron chi connectivity index (χ4n) is 2.69. The van der Waals surface area contributed by atoms with Gasteiger partial charge >= 0.3 is 6.01 Å². The van der Waals surface area contributed by atoms with Gasteiger partial charge in [0.2, 0.25) is 6.41 Å². The third kappa shape index (κ3) is 4.49. The number of nitrogens with zero attached hydrogens (tertiary/aromatic N) is 5. The number of carbonyl (C=O) groups is 2. The molecule has 10 nitrogen and oxygen atoms in total. The maximum absolute atomic E-state index is 12.2. The van der Waals surface area contributed by atoms with Gasteiger partial charge in [0.15, 0.2) is 5.69 Å². The topological polar surface area (TPSA) is 106 Å². The van der Waals surface area contributed by atoms with E-state index < -0.39 is 5.91 Å². The Morgan fingerprint density at radius 2 is 2.44 bits per heavy atom. The molecular formula is C17H20N6O4. The quantitative estimate of drug-likeness (QED) is 0.416. The molecule has 0 radical (unpaired) electrons. The lowest BCUT2D eigenvalue weighted by molar-refractivity contribution is -0.177. The second-order valence-electron chi connectivity index (χ2n) is 5.91. The lowest BCUT2D eigenvalue weighted by Crippen LogP contribution is -2.45. The monoisotopic (exact) mass is 372 g/mol. The molecule has 142 valence electrons. The predicted molar refractivity (Wildman–Crippen MR) is 96.3 cm³/mol. The smallest absolute Gasteiger partial charge is 0.301 e. The minimum atomic E-state index is -0.429. The Hall–Kier alpha value is -3.24. The van der Waals surface area contributed by atoms with Crippen LogP contribution in [0, 0.1) is 0 Å². The molecule has 2 amide bonds. The molecule has 0 aliphatic carbocycles. The molecule has 0 fully saturated rings. The van der Waals surface area contributed by atoms with Crippen LogP contribution >= 0.6 is 0 Å². The lowest BCUT2D eigenvalue weighted by Gasteiger charge is -2.33. The number of rotatable bonds is 8. The van der Waals surface area contributed by atoms with Crippen LogP contribution in [0.2, 0.25) is 0 Å². The molecule has 0 saturated heterocycles. The molecule has 0 spiro atoms. The van der Waals surface area contributed by atoms with Gasteiger partial charge in [-0.3, -0.25) is 24.6 Å². The summed E-state index contributed by atoms with van der Waals surface area (Å²) >= 11 is 0. The average molecular weight is 372 g/mol. The van der Waals surface area contributed by atoms with Crippen LogP contribution in [0.3, 0.4) is 0 Å². The van der Waals surface area contributed by atoms with E-state index in [1.807, 2.05) is 18.0 Å². The first-order valence-electron chi connectivity index (χ1n) is 8.24. The van der Waals surface area contributed by atoms with Gasteiger partial charge in [0.25, 0.3) is 5.91 Å². The van der Waals surface area contributed by atoms with Crippen LogP contribution in [0.5, 0.6) is 0 Å². The molecule has 2 aromatic heterocycles. The number of likely N-dealkylation sites (N-methyl/N-ethyl adjacent to an activating group) is 1. The van der Waals surface area contributed by atoms with Crippen LogP contribution in [0.25, 0.3) is 5.70 Å². The van der Waals surface area contributed by atoms with Crippen molar-refractivity contribution >= 4 is 24.0 Å². The summed E-state index contributed by atoms with van der Waals surface area (Å²) in [6, 6.07) is 1.41. The van der Waals surface area contributed by atoms with E-state index in [9.17, 15) is 9.59 Å². The zero-order chi connectivity index (χ0) is 19.2. The molecule has 27 heavy (non-hydrogen) atoms. The van der Waals surface area contributed by atoms with E-state index in [1.165, 1.54) is 17.5 Å². The second-order valence-corrected chi connectivity index (χ2v) is 5.91. The Morgan fingerprint density at radius 1 is 1.59 bits per heavy atom. The third-order valence-corrected chi connectivity index (χ3v) is 3.86. The number of carbonyl (C=O) groups excluding carboxylic acids is 2. The SMILES string of the molecule is C=CCON(C=O)C1C=C(n2ccc(C(=O)Nc3ncco3)n2)CN(C)C1. The molecule has 1 unspecified atom stereocenters. The molecule has 0 aromatic carbocycles. The van der Waals surface area contributed by atoms with Crippen molar-refractivity contribution < 1.29 is 18.8 Å². The van der Waals surface area contributed by atoms with Crippen molar-refractivity contribution in [2.75, 3.05) is 32.1 Å². The molecule has 10 heteroatoms. The molecule has 1 N–H and O–H groups in total. The van der Waals surface area contributed by atoms with E-state index in [-0.39, 0.29) is 24.4 Å². The van der Waals surface area contributed by atoms with E-state index in [2.05, 4.69) is 22.0 Å². The lowest BCUT2D eigenvalue weighted by atomic mass is 10.1. The highest BCUT2D eigenvalue weighted by Gasteiger charge is 2.25. The minimum absolute atomic E-state index is 0.104. The van der Waals surface area contributed by atoms with Gasteiger partial charge in [0.1, 0.15) is 6.26 Å². The summed E-state index contributed by atoms with van der Waals surface area (Å²) in [7, 11) is 1.93. The highest BCUT2D eigenvalue weighted by molar-refractivity contribution is 6.01. The molecular weight excluding hydrogens is 352 g/mol. The second kappa shape index (κ2) is 8.43. The molecule has 1 aliphatic rings. The fourth-order valence-corrected chi connectivity index (χ4v) is 2.69. The summed E-state index contributed by atoms with van der Waals surface area (Å²) in [6.45, 7) is 5.02. The summed E-state index contributed by atoms with van der Waals surface area (Å²) in [4.78, 5) is 34.8. The van der Waals surface area contributed by atoms with Crippen molar-refractivity contribution in [3.05, 3.63) is 49.1 Å². The van der Waals surface area contributed by atoms with E-state index in [0.717, 1.165) is 5.70 Å². The van der Waals surface area contributed by atoms with E-state index in [1.54, 1.807) is 23.0 Å². The van der Waals surface area contributed by atoms with Crippen LogP contribution < -0.4 is 5.32 Å². The number of hydroxylamine groups is 2. The van der Waals surface area contributed by atoms with Gasteiger partial charge in [-0.05, 0) is 19.2 Å². The molecule has 3 heterocycles. The zero-order valence-electron chi connectivity index (χ0n) is 14.8. The van der Waals surface area contributed by atoms with Gasteiger partial charge in [-0.15, -0.1) is 6.58 Å². The van der Waals surface area contributed by atoms with Crippen molar-refractivity contribution in [1.82, 2.24) is 24.7 Å². The van der Waals surface area contributed by atoms with Crippen molar-refractivity contribution in [3.63, 3.8) is 0 Å². The summed E-state index contributed by atoms with van der Waals surface area (Å²) in [5, 5.41) is 8.07. The summed E-state index contributed by atoms with van der Waals surface area (Å²) in [5.41, 5.74) is 1.03.